The molecule has 0 aromatic carbocycles. The average molecular weight is 239 g/mol. The molecular formula is C12H21N3O2. The van der Waals surface area contributed by atoms with E-state index in [1.807, 2.05) is 25.4 Å². The fourth-order valence-corrected chi connectivity index (χ4v) is 1.45. The van der Waals surface area contributed by atoms with E-state index in [0.29, 0.717) is 13.2 Å². The number of nitrogens with one attached hydrogen (secondary N) is 2. The monoisotopic (exact) mass is 239 g/mol. The lowest BCUT2D eigenvalue weighted by molar-refractivity contribution is 0.0365. The van der Waals surface area contributed by atoms with Crippen molar-refractivity contribution >= 4 is 5.82 Å². The van der Waals surface area contributed by atoms with Gasteiger partial charge in [0.1, 0.15) is 5.82 Å². The number of methoxy groups -OCH3 is 2. The molecule has 0 fully saturated rings. The van der Waals surface area contributed by atoms with Crippen LogP contribution in [0.1, 0.15) is 5.56 Å². The Bertz CT molecular complexity index is 303. The summed E-state index contributed by atoms with van der Waals surface area (Å²) in [5.41, 5.74) is 1.17. The number of hydrogen-bond acceptors (Lipinski definition) is 5. The lowest BCUT2D eigenvalue weighted by Gasteiger charge is -2.15. The van der Waals surface area contributed by atoms with E-state index in [2.05, 4.69) is 15.6 Å². The third kappa shape index (κ3) is 5.12. The van der Waals surface area contributed by atoms with E-state index in [-0.39, 0.29) is 6.10 Å². The molecule has 5 nitrogen and oxygen atoms in total. The van der Waals surface area contributed by atoms with Gasteiger partial charge in [0.25, 0.3) is 0 Å². The van der Waals surface area contributed by atoms with Gasteiger partial charge in [0.05, 0.1) is 12.7 Å². The Labute approximate surface area is 103 Å². The second kappa shape index (κ2) is 8.00. The minimum absolute atomic E-state index is 0.0405. The van der Waals surface area contributed by atoms with Crippen molar-refractivity contribution in [2.45, 2.75) is 12.6 Å². The summed E-state index contributed by atoms with van der Waals surface area (Å²) >= 11 is 0. The fraction of sp³-hybridized carbons (Fsp3) is 0.583. The van der Waals surface area contributed by atoms with Gasteiger partial charge < -0.3 is 20.1 Å². The topological polar surface area (TPSA) is 55.4 Å². The van der Waals surface area contributed by atoms with Crippen molar-refractivity contribution in [3.05, 3.63) is 23.9 Å². The van der Waals surface area contributed by atoms with Gasteiger partial charge in [0, 0.05) is 33.5 Å². The summed E-state index contributed by atoms with van der Waals surface area (Å²) in [5, 5.41) is 6.30. The molecule has 0 spiro atoms. The zero-order chi connectivity index (χ0) is 12.5. The molecule has 0 aliphatic heterocycles. The lowest BCUT2D eigenvalue weighted by Crippen LogP contribution is -2.26. The molecule has 0 saturated carbocycles. The molecule has 5 heteroatoms. The molecule has 2 N–H and O–H groups in total. The first-order valence-electron chi connectivity index (χ1n) is 5.65. The summed E-state index contributed by atoms with van der Waals surface area (Å²) < 4.78 is 10.3. The van der Waals surface area contributed by atoms with Crippen LogP contribution in [0.5, 0.6) is 0 Å². The van der Waals surface area contributed by atoms with Gasteiger partial charge in [-0.3, -0.25) is 0 Å². The number of nitrogens with zero attached hydrogens (tertiary/aromatic N) is 1. The van der Waals surface area contributed by atoms with Crippen LogP contribution in [0.25, 0.3) is 0 Å². The van der Waals surface area contributed by atoms with Crippen molar-refractivity contribution in [3.63, 3.8) is 0 Å². The van der Waals surface area contributed by atoms with Crippen LogP contribution < -0.4 is 10.6 Å². The number of anilines is 1. The van der Waals surface area contributed by atoms with Gasteiger partial charge >= 0.3 is 0 Å². The molecule has 0 amide bonds. The summed E-state index contributed by atoms with van der Waals surface area (Å²) in [6.07, 6.45) is 1.90. The second-order valence-corrected chi connectivity index (χ2v) is 3.78. The quantitative estimate of drug-likeness (QED) is 0.705. The van der Waals surface area contributed by atoms with E-state index < -0.39 is 0 Å². The molecule has 1 aromatic rings. The molecule has 0 saturated heterocycles. The SMILES string of the molecule is CNCc1ccc(NCC(COC)OC)nc1. The van der Waals surface area contributed by atoms with E-state index in [0.717, 1.165) is 12.4 Å². The predicted molar refractivity (Wildman–Crippen MR) is 68.2 cm³/mol. The first-order chi connectivity index (χ1) is 8.30. The molecule has 1 rings (SSSR count). The highest BCUT2D eigenvalue weighted by atomic mass is 16.5. The number of hydrogen-bond donors (Lipinski definition) is 2. The molecule has 0 bridgehead atoms. The third-order valence-electron chi connectivity index (χ3n) is 2.40. The highest BCUT2D eigenvalue weighted by Crippen LogP contribution is 2.05. The van der Waals surface area contributed by atoms with Crippen LogP contribution in [-0.2, 0) is 16.0 Å². The van der Waals surface area contributed by atoms with Gasteiger partial charge in [0.15, 0.2) is 0 Å². The van der Waals surface area contributed by atoms with Crippen molar-refractivity contribution in [1.82, 2.24) is 10.3 Å². The molecule has 1 aromatic heterocycles. The molecule has 17 heavy (non-hydrogen) atoms. The predicted octanol–water partition coefficient (Wildman–Crippen LogP) is 0.874. The van der Waals surface area contributed by atoms with E-state index >= 15 is 0 Å². The van der Waals surface area contributed by atoms with Gasteiger partial charge in [-0.25, -0.2) is 4.98 Å². The Kier molecular flexibility index (Phi) is 6.54. The molecule has 0 radical (unpaired) electrons. The van der Waals surface area contributed by atoms with Gasteiger partial charge in [0.2, 0.25) is 0 Å². The van der Waals surface area contributed by atoms with Gasteiger partial charge in [-0.15, -0.1) is 0 Å². The van der Waals surface area contributed by atoms with Crippen molar-refractivity contribution in [2.24, 2.45) is 0 Å². The van der Waals surface area contributed by atoms with Gasteiger partial charge in [-0.2, -0.15) is 0 Å². The lowest BCUT2D eigenvalue weighted by atomic mass is 10.3. The van der Waals surface area contributed by atoms with E-state index in [1.165, 1.54) is 5.56 Å². The molecule has 1 heterocycles. The zero-order valence-corrected chi connectivity index (χ0v) is 10.7. The number of ether oxygens (including phenoxy) is 2. The number of aromatic nitrogens is 1. The van der Waals surface area contributed by atoms with Crippen LogP contribution in [0.3, 0.4) is 0 Å². The van der Waals surface area contributed by atoms with Gasteiger partial charge in [-0.05, 0) is 18.7 Å². The van der Waals surface area contributed by atoms with Crippen LogP contribution in [0, 0.1) is 0 Å². The summed E-state index contributed by atoms with van der Waals surface area (Å²) in [6, 6.07) is 4.01. The normalized spacial score (nSPS) is 12.4. The minimum atomic E-state index is 0.0405. The molecular weight excluding hydrogens is 218 g/mol. The standard InChI is InChI=1S/C12H21N3O2/c1-13-6-10-4-5-12(14-7-10)15-8-11(17-3)9-16-2/h4-5,7,11,13H,6,8-9H2,1-3H3,(H,14,15). The van der Waals surface area contributed by atoms with Crippen LogP contribution in [-0.4, -0.2) is 45.5 Å². The van der Waals surface area contributed by atoms with Crippen molar-refractivity contribution in [1.29, 1.82) is 0 Å². The summed E-state index contributed by atoms with van der Waals surface area (Å²) in [7, 11) is 5.26. The maximum Gasteiger partial charge on any atom is 0.125 e. The van der Waals surface area contributed by atoms with E-state index in [9.17, 15) is 0 Å². The van der Waals surface area contributed by atoms with Crippen molar-refractivity contribution in [2.75, 3.05) is 39.7 Å². The highest BCUT2D eigenvalue weighted by molar-refractivity contribution is 5.35. The smallest absolute Gasteiger partial charge is 0.125 e. The fourth-order valence-electron chi connectivity index (χ4n) is 1.45. The number of pyridine rings is 1. The number of rotatable bonds is 8. The van der Waals surface area contributed by atoms with Gasteiger partial charge in [-0.1, -0.05) is 6.07 Å². The third-order valence-corrected chi connectivity index (χ3v) is 2.40. The van der Waals surface area contributed by atoms with E-state index in [4.69, 9.17) is 9.47 Å². The second-order valence-electron chi connectivity index (χ2n) is 3.78. The zero-order valence-electron chi connectivity index (χ0n) is 10.7. The molecule has 0 aliphatic rings. The first kappa shape index (κ1) is 13.9. The molecule has 1 unspecified atom stereocenters. The average Bonchev–Trinajstić information content (AvgIpc) is 2.36. The van der Waals surface area contributed by atoms with Crippen LogP contribution in [0.15, 0.2) is 18.3 Å². The van der Waals surface area contributed by atoms with Crippen LogP contribution in [0.2, 0.25) is 0 Å². The van der Waals surface area contributed by atoms with Crippen molar-refractivity contribution in [3.8, 4) is 0 Å². The molecule has 96 valence electrons. The van der Waals surface area contributed by atoms with Crippen LogP contribution >= 0.6 is 0 Å². The highest BCUT2D eigenvalue weighted by Gasteiger charge is 2.06. The Morgan fingerprint density at radius 2 is 2.18 bits per heavy atom. The van der Waals surface area contributed by atoms with Crippen molar-refractivity contribution < 1.29 is 9.47 Å². The first-order valence-corrected chi connectivity index (χ1v) is 5.65. The largest absolute Gasteiger partial charge is 0.382 e. The maximum atomic E-state index is 5.25. The Morgan fingerprint density at radius 1 is 1.35 bits per heavy atom. The van der Waals surface area contributed by atoms with E-state index in [1.54, 1.807) is 14.2 Å². The summed E-state index contributed by atoms with van der Waals surface area (Å²) in [5.74, 6) is 0.850. The van der Waals surface area contributed by atoms with Crippen LogP contribution in [0.4, 0.5) is 5.82 Å². The Balaban J connectivity index is 2.40. The summed E-state index contributed by atoms with van der Waals surface area (Å²) in [4.78, 5) is 4.32. The molecule has 0 aliphatic carbocycles. The Morgan fingerprint density at radius 3 is 2.71 bits per heavy atom. The summed E-state index contributed by atoms with van der Waals surface area (Å²) in [6.45, 7) is 2.09. The maximum absolute atomic E-state index is 5.25. The molecule has 1 atom stereocenters. The Hall–Kier alpha value is -1.17. The minimum Gasteiger partial charge on any atom is -0.382 e.